The zero-order valence-corrected chi connectivity index (χ0v) is 11.9. The largest absolute Gasteiger partial charge is 0.357 e. The zero-order chi connectivity index (χ0) is 14.8. The van der Waals surface area contributed by atoms with E-state index in [1.807, 2.05) is 4.90 Å². The number of hydrogen-bond donors (Lipinski definition) is 1. The summed E-state index contributed by atoms with van der Waals surface area (Å²) >= 11 is 0. The molecule has 0 radical (unpaired) electrons. The minimum atomic E-state index is 0.0526. The standard InChI is InChI=1S/C12H16N8O/c1-13-10-15-11(19-6-5-18(2)9(21)7-19)17-12(16-10)20-4-3-14-8-20/h3-4,8H,5-7H2,1-2H3,(H,13,15,16,17). The summed E-state index contributed by atoms with van der Waals surface area (Å²) in [6.45, 7) is 1.62. The summed E-state index contributed by atoms with van der Waals surface area (Å²) in [4.78, 5) is 32.4. The van der Waals surface area contributed by atoms with Crippen LogP contribution in [0.15, 0.2) is 18.7 Å². The van der Waals surface area contributed by atoms with E-state index in [1.54, 1.807) is 42.3 Å². The number of anilines is 2. The number of aromatic nitrogens is 5. The Labute approximate surface area is 121 Å². The first-order chi connectivity index (χ1) is 10.2. The molecule has 21 heavy (non-hydrogen) atoms. The SMILES string of the molecule is CNc1nc(N2CCN(C)C(=O)C2)nc(-n2ccnc2)n1. The topological polar surface area (TPSA) is 92.1 Å². The highest BCUT2D eigenvalue weighted by Gasteiger charge is 2.24. The summed E-state index contributed by atoms with van der Waals surface area (Å²) < 4.78 is 1.70. The quantitative estimate of drug-likeness (QED) is 0.804. The third kappa shape index (κ3) is 2.62. The van der Waals surface area contributed by atoms with Gasteiger partial charge in [0.15, 0.2) is 0 Å². The lowest BCUT2D eigenvalue weighted by Gasteiger charge is -2.32. The molecule has 0 aromatic carbocycles. The van der Waals surface area contributed by atoms with Crippen LogP contribution in [0.3, 0.4) is 0 Å². The van der Waals surface area contributed by atoms with Crippen LogP contribution in [0.5, 0.6) is 0 Å². The van der Waals surface area contributed by atoms with Crippen LogP contribution in [-0.2, 0) is 4.79 Å². The average molecular weight is 288 g/mol. The Bertz CT molecular complexity index is 641. The van der Waals surface area contributed by atoms with Crippen molar-refractivity contribution in [2.45, 2.75) is 0 Å². The predicted molar refractivity (Wildman–Crippen MR) is 76.3 cm³/mol. The normalized spacial score (nSPS) is 15.4. The van der Waals surface area contributed by atoms with Crippen molar-refractivity contribution in [3.63, 3.8) is 0 Å². The zero-order valence-electron chi connectivity index (χ0n) is 11.9. The van der Waals surface area contributed by atoms with E-state index in [1.165, 1.54) is 0 Å². The van der Waals surface area contributed by atoms with Crippen molar-refractivity contribution < 1.29 is 4.79 Å². The molecule has 3 rings (SSSR count). The van der Waals surface area contributed by atoms with Crippen molar-refractivity contribution in [3.05, 3.63) is 18.7 Å². The fourth-order valence-corrected chi connectivity index (χ4v) is 2.03. The Kier molecular flexibility index (Phi) is 3.38. The molecule has 1 aliphatic rings. The molecule has 1 aliphatic heterocycles. The third-order valence-corrected chi connectivity index (χ3v) is 3.31. The first-order valence-electron chi connectivity index (χ1n) is 6.58. The molecule has 0 bridgehead atoms. The van der Waals surface area contributed by atoms with E-state index in [0.717, 1.165) is 0 Å². The maximum Gasteiger partial charge on any atom is 0.242 e. The van der Waals surface area contributed by atoms with Crippen molar-refractivity contribution >= 4 is 17.8 Å². The Morgan fingerprint density at radius 1 is 1.19 bits per heavy atom. The van der Waals surface area contributed by atoms with Crippen LogP contribution in [0.1, 0.15) is 0 Å². The molecule has 110 valence electrons. The molecule has 1 N–H and O–H groups in total. The summed E-state index contributed by atoms with van der Waals surface area (Å²) in [5.74, 6) is 1.46. The van der Waals surface area contributed by atoms with Gasteiger partial charge in [-0.1, -0.05) is 0 Å². The smallest absolute Gasteiger partial charge is 0.242 e. The molecule has 0 spiro atoms. The van der Waals surface area contributed by atoms with Crippen LogP contribution in [0.2, 0.25) is 0 Å². The van der Waals surface area contributed by atoms with Crippen LogP contribution in [-0.4, -0.2) is 69.0 Å². The van der Waals surface area contributed by atoms with Gasteiger partial charge in [-0.15, -0.1) is 0 Å². The second kappa shape index (κ2) is 5.35. The van der Waals surface area contributed by atoms with Gasteiger partial charge in [-0.05, 0) is 0 Å². The molecule has 0 atom stereocenters. The number of rotatable bonds is 3. The van der Waals surface area contributed by atoms with Crippen molar-refractivity contribution in [3.8, 4) is 5.95 Å². The molecular formula is C12H16N8O. The molecule has 2 aromatic rings. The Morgan fingerprint density at radius 2 is 2.00 bits per heavy atom. The molecule has 1 fully saturated rings. The minimum absolute atomic E-state index is 0.0526. The Balaban J connectivity index is 1.95. The Hall–Kier alpha value is -2.71. The number of likely N-dealkylation sites (N-methyl/N-ethyl adjacent to an activating group) is 1. The molecule has 0 unspecified atom stereocenters. The highest BCUT2D eigenvalue weighted by atomic mass is 16.2. The van der Waals surface area contributed by atoms with Crippen LogP contribution >= 0.6 is 0 Å². The molecule has 9 heteroatoms. The van der Waals surface area contributed by atoms with Crippen molar-refractivity contribution in [1.82, 2.24) is 29.4 Å². The monoisotopic (exact) mass is 288 g/mol. The Morgan fingerprint density at radius 3 is 2.67 bits per heavy atom. The summed E-state index contributed by atoms with van der Waals surface area (Å²) in [6, 6.07) is 0. The summed E-state index contributed by atoms with van der Waals surface area (Å²) in [5.41, 5.74) is 0. The van der Waals surface area contributed by atoms with E-state index in [-0.39, 0.29) is 12.5 Å². The first-order valence-corrected chi connectivity index (χ1v) is 6.58. The van der Waals surface area contributed by atoms with Crippen molar-refractivity contribution in [2.24, 2.45) is 0 Å². The molecule has 0 aliphatic carbocycles. The van der Waals surface area contributed by atoms with E-state index >= 15 is 0 Å². The molecule has 9 nitrogen and oxygen atoms in total. The summed E-state index contributed by atoms with van der Waals surface area (Å²) in [7, 11) is 3.54. The number of carbonyl (C=O) groups is 1. The van der Waals surface area contributed by atoms with Gasteiger partial charge in [0.25, 0.3) is 0 Å². The van der Waals surface area contributed by atoms with Gasteiger partial charge in [0, 0.05) is 39.6 Å². The molecule has 2 aromatic heterocycles. The van der Waals surface area contributed by atoms with Crippen LogP contribution < -0.4 is 10.2 Å². The van der Waals surface area contributed by atoms with E-state index in [2.05, 4.69) is 25.3 Å². The second-order valence-electron chi connectivity index (χ2n) is 4.72. The van der Waals surface area contributed by atoms with Gasteiger partial charge < -0.3 is 15.1 Å². The highest BCUT2D eigenvalue weighted by Crippen LogP contribution is 2.15. The average Bonchev–Trinajstić information content (AvgIpc) is 3.04. The van der Waals surface area contributed by atoms with Gasteiger partial charge in [-0.2, -0.15) is 15.0 Å². The molecule has 0 saturated carbocycles. The number of imidazole rings is 1. The molecule has 3 heterocycles. The number of nitrogens with zero attached hydrogens (tertiary/aromatic N) is 7. The van der Waals surface area contributed by atoms with Gasteiger partial charge in [-0.25, -0.2) is 4.98 Å². The second-order valence-corrected chi connectivity index (χ2v) is 4.72. The predicted octanol–water partition coefficient (Wildman–Crippen LogP) is -0.623. The van der Waals surface area contributed by atoms with Crippen LogP contribution in [0, 0.1) is 0 Å². The lowest BCUT2D eigenvalue weighted by molar-refractivity contribution is -0.129. The van der Waals surface area contributed by atoms with Crippen LogP contribution in [0.4, 0.5) is 11.9 Å². The van der Waals surface area contributed by atoms with Gasteiger partial charge in [0.05, 0.1) is 6.54 Å². The first kappa shape index (κ1) is 13.3. The maximum absolute atomic E-state index is 11.8. The highest BCUT2D eigenvalue weighted by molar-refractivity contribution is 5.81. The molecule has 1 amide bonds. The van der Waals surface area contributed by atoms with Crippen molar-refractivity contribution in [2.75, 3.05) is 43.9 Å². The van der Waals surface area contributed by atoms with Crippen molar-refractivity contribution in [1.29, 1.82) is 0 Å². The lowest BCUT2D eigenvalue weighted by atomic mass is 10.3. The number of hydrogen-bond acceptors (Lipinski definition) is 7. The number of carbonyl (C=O) groups excluding carboxylic acids is 1. The number of amides is 1. The van der Waals surface area contributed by atoms with Crippen LogP contribution in [0.25, 0.3) is 5.95 Å². The van der Waals surface area contributed by atoms with Gasteiger partial charge in [0.1, 0.15) is 6.33 Å². The van der Waals surface area contributed by atoms with E-state index in [4.69, 9.17) is 0 Å². The summed E-state index contributed by atoms with van der Waals surface area (Å²) in [5, 5.41) is 2.91. The van der Waals surface area contributed by atoms with Gasteiger partial charge in [-0.3, -0.25) is 9.36 Å². The third-order valence-electron chi connectivity index (χ3n) is 3.31. The van der Waals surface area contributed by atoms with E-state index in [0.29, 0.717) is 30.9 Å². The minimum Gasteiger partial charge on any atom is -0.357 e. The lowest BCUT2D eigenvalue weighted by Crippen LogP contribution is -2.49. The fourth-order valence-electron chi connectivity index (χ4n) is 2.03. The number of piperazine rings is 1. The van der Waals surface area contributed by atoms with E-state index in [9.17, 15) is 4.79 Å². The molecular weight excluding hydrogens is 272 g/mol. The fraction of sp³-hybridized carbons (Fsp3) is 0.417. The van der Waals surface area contributed by atoms with Gasteiger partial charge >= 0.3 is 0 Å². The molecule has 1 saturated heterocycles. The maximum atomic E-state index is 11.8. The van der Waals surface area contributed by atoms with Gasteiger partial charge in [0.2, 0.25) is 23.8 Å². The summed E-state index contributed by atoms with van der Waals surface area (Å²) in [6.07, 6.45) is 5.03. The number of nitrogens with one attached hydrogen (secondary N) is 1. The van der Waals surface area contributed by atoms with E-state index < -0.39 is 0 Å².